The van der Waals surface area contributed by atoms with Gasteiger partial charge in [0.05, 0.1) is 4.90 Å². The molecule has 0 saturated heterocycles. The van der Waals surface area contributed by atoms with Gasteiger partial charge in [-0.2, -0.15) is 5.26 Å². The third-order valence-corrected chi connectivity index (χ3v) is 6.31. The molecule has 0 spiro atoms. The van der Waals surface area contributed by atoms with Crippen LogP contribution in [0.1, 0.15) is 16.7 Å². The highest BCUT2D eigenvalue weighted by Gasteiger charge is 2.20. The first-order valence-electron chi connectivity index (χ1n) is 8.80. The van der Waals surface area contributed by atoms with Gasteiger partial charge >= 0.3 is 0 Å². The summed E-state index contributed by atoms with van der Waals surface area (Å²) < 4.78 is 31.1. The molecule has 0 radical (unpaired) electrons. The Bertz CT molecular complexity index is 1180. The molecule has 0 heterocycles. The van der Waals surface area contributed by atoms with E-state index in [1.165, 1.54) is 18.2 Å². The van der Waals surface area contributed by atoms with E-state index in [-0.39, 0.29) is 9.80 Å². The van der Waals surface area contributed by atoms with E-state index in [9.17, 15) is 13.7 Å². The van der Waals surface area contributed by atoms with Crippen molar-refractivity contribution in [3.05, 3.63) is 99.4 Å². The summed E-state index contributed by atoms with van der Waals surface area (Å²) in [4.78, 5) is -0.221. The van der Waals surface area contributed by atoms with Gasteiger partial charge in [-0.25, -0.2) is 8.42 Å². The summed E-state index contributed by atoms with van der Waals surface area (Å²) in [6.07, 6.45) is 1.35. The Hall–Kier alpha value is -3.07. The van der Waals surface area contributed by atoms with E-state index in [0.29, 0.717) is 22.9 Å². The van der Waals surface area contributed by atoms with Crippen LogP contribution in [-0.4, -0.2) is 8.42 Å². The van der Waals surface area contributed by atoms with Gasteiger partial charge in [0.2, 0.25) is 9.84 Å². The monoisotopic (exact) mass is 423 g/mol. The zero-order valence-electron chi connectivity index (χ0n) is 15.7. The molecule has 3 aromatic carbocycles. The minimum atomic E-state index is -3.87. The second-order valence-electron chi connectivity index (χ2n) is 6.39. The van der Waals surface area contributed by atoms with Gasteiger partial charge in [-0.1, -0.05) is 59.6 Å². The van der Waals surface area contributed by atoms with Crippen molar-refractivity contribution in [2.75, 3.05) is 0 Å². The Morgan fingerprint density at radius 1 is 1.03 bits per heavy atom. The lowest BCUT2D eigenvalue weighted by Gasteiger charge is -2.08. The molecule has 0 bridgehead atoms. The molecule has 6 heteroatoms. The smallest absolute Gasteiger partial charge is 0.216 e. The number of benzene rings is 3. The molecule has 146 valence electrons. The van der Waals surface area contributed by atoms with Gasteiger partial charge in [-0.05, 0) is 48.9 Å². The quantitative estimate of drug-likeness (QED) is 0.486. The Kier molecular flexibility index (Phi) is 6.38. The van der Waals surface area contributed by atoms with Crippen molar-refractivity contribution >= 4 is 27.5 Å². The molecule has 0 atom stereocenters. The van der Waals surface area contributed by atoms with Gasteiger partial charge in [0, 0.05) is 10.6 Å². The Labute approximate surface area is 175 Å². The van der Waals surface area contributed by atoms with Crippen molar-refractivity contribution in [3.63, 3.8) is 0 Å². The molecule has 0 amide bonds. The minimum Gasteiger partial charge on any atom is -0.489 e. The van der Waals surface area contributed by atoms with Crippen LogP contribution < -0.4 is 4.74 Å². The maximum atomic E-state index is 12.7. The van der Waals surface area contributed by atoms with Gasteiger partial charge in [-0.3, -0.25) is 0 Å². The van der Waals surface area contributed by atoms with E-state index >= 15 is 0 Å². The predicted octanol–water partition coefficient (Wildman–Crippen LogP) is 5.57. The molecule has 29 heavy (non-hydrogen) atoms. The molecular weight excluding hydrogens is 406 g/mol. The van der Waals surface area contributed by atoms with E-state index in [4.69, 9.17) is 16.3 Å². The standard InChI is InChI=1S/C23H18ClNO3S/c1-17-6-12-21(13-7-17)29(26,27)22(15-25)14-18-8-10-20(11-9-18)28-16-19-4-2-3-5-23(19)24/h2-14H,16H2,1H3/b22-14+. The van der Waals surface area contributed by atoms with Gasteiger partial charge in [0.1, 0.15) is 23.3 Å². The number of sulfone groups is 1. The van der Waals surface area contributed by atoms with E-state index in [1.807, 2.05) is 25.1 Å². The molecule has 3 aromatic rings. The van der Waals surface area contributed by atoms with Crippen LogP contribution in [0.25, 0.3) is 6.08 Å². The Balaban J connectivity index is 1.77. The molecule has 3 rings (SSSR count). The average Bonchev–Trinajstić information content (AvgIpc) is 2.72. The molecule has 0 aromatic heterocycles. The molecule has 0 aliphatic carbocycles. The summed E-state index contributed by atoms with van der Waals surface area (Å²) in [5, 5.41) is 10.0. The number of aryl methyl sites for hydroxylation is 1. The summed E-state index contributed by atoms with van der Waals surface area (Å²) in [7, 11) is -3.87. The third-order valence-electron chi connectivity index (χ3n) is 4.26. The average molecular weight is 424 g/mol. The van der Waals surface area contributed by atoms with Crippen LogP contribution >= 0.6 is 11.6 Å². The molecular formula is C23H18ClNO3S. The normalized spacial score (nSPS) is 11.7. The third kappa shape index (κ3) is 5.05. The van der Waals surface area contributed by atoms with Crippen molar-refractivity contribution in [1.82, 2.24) is 0 Å². The topological polar surface area (TPSA) is 67.2 Å². The van der Waals surface area contributed by atoms with Crippen molar-refractivity contribution in [2.24, 2.45) is 0 Å². The zero-order chi connectivity index (χ0) is 20.9. The first-order chi connectivity index (χ1) is 13.9. The predicted molar refractivity (Wildman–Crippen MR) is 114 cm³/mol. The fourth-order valence-electron chi connectivity index (χ4n) is 2.60. The fraction of sp³-hybridized carbons (Fsp3) is 0.0870. The molecule has 0 unspecified atom stereocenters. The second-order valence-corrected chi connectivity index (χ2v) is 8.71. The van der Waals surface area contributed by atoms with Gasteiger partial charge in [0.15, 0.2) is 0 Å². The largest absolute Gasteiger partial charge is 0.489 e. The van der Waals surface area contributed by atoms with E-state index in [2.05, 4.69) is 0 Å². The van der Waals surface area contributed by atoms with Crippen LogP contribution in [0.3, 0.4) is 0 Å². The Morgan fingerprint density at radius 2 is 1.69 bits per heavy atom. The Morgan fingerprint density at radius 3 is 2.31 bits per heavy atom. The van der Waals surface area contributed by atoms with E-state index < -0.39 is 9.84 Å². The molecule has 4 nitrogen and oxygen atoms in total. The minimum absolute atomic E-state index is 0.0931. The number of hydrogen-bond acceptors (Lipinski definition) is 4. The molecule has 0 N–H and O–H groups in total. The van der Waals surface area contributed by atoms with Crippen LogP contribution in [0, 0.1) is 18.3 Å². The summed E-state index contributed by atoms with van der Waals surface area (Å²) >= 11 is 6.12. The maximum absolute atomic E-state index is 12.7. The highest BCUT2D eigenvalue weighted by Crippen LogP contribution is 2.23. The summed E-state index contributed by atoms with van der Waals surface area (Å²) in [6.45, 7) is 2.19. The number of halogens is 1. The van der Waals surface area contributed by atoms with E-state index in [0.717, 1.165) is 11.1 Å². The molecule has 0 saturated carbocycles. The van der Waals surface area contributed by atoms with Crippen molar-refractivity contribution in [1.29, 1.82) is 5.26 Å². The SMILES string of the molecule is Cc1ccc(S(=O)(=O)/C(C#N)=C/c2ccc(OCc3ccccc3Cl)cc2)cc1. The number of allylic oxidation sites excluding steroid dienone is 1. The van der Waals surface area contributed by atoms with Crippen LogP contribution in [-0.2, 0) is 16.4 Å². The summed E-state index contributed by atoms with van der Waals surface area (Å²) in [6, 6.07) is 22.5. The van der Waals surface area contributed by atoms with Gasteiger partial charge in [0.25, 0.3) is 0 Å². The summed E-state index contributed by atoms with van der Waals surface area (Å²) in [5.41, 5.74) is 2.40. The van der Waals surface area contributed by atoms with E-state index in [1.54, 1.807) is 48.5 Å². The molecule has 0 aliphatic heterocycles. The molecule has 0 aliphatic rings. The number of nitrogens with zero attached hydrogens (tertiary/aromatic N) is 1. The zero-order valence-corrected chi connectivity index (χ0v) is 17.2. The highest BCUT2D eigenvalue weighted by atomic mass is 35.5. The lowest BCUT2D eigenvalue weighted by molar-refractivity contribution is 0.306. The first kappa shape index (κ1) is 20.7. The second kappa shape index (κ2) is 8.95. The number of rotatable bonds is 6. The fourth-order valence-corrected chi connectivity index (χ4v) is 3.95. The lowest BCUT2D eigenvalue weighted by atomic mass is 10.2. The first-order valence-corrected chi connectivity index (χ1v) is 10.7. The van der Waals surface area contributed by atoms with Crippen molar-refractivity contribution < 1.29 is 13.2 Å². The van der Waals surface area contributed by atoms with Gasteiger partial charge in [-0.15, -0.1) is 0 Å². The highest BCUT2D eigenvalue weighted by molar-refractivity contribution is 7.95. The van der Waals surface area contributed by atoms with Crippen LogP contribution in [0.4, 0.5) is 0 Å². The van der Waals surface area contributed by atoms with Crippen molar-refractivity contribution in [3.8, 4) is 11.8 Å². The number of hydrogen-bond donors (Lipinski definition) is 0. The molecule has 0 fully saturated rings. The van der Waals surface area contributed by atoms with Crippen LogP contribution in [0.5, 0.6) is 5.75 Å². The van der Waals surface area contributed by atoms with Crippen LogP contribution in [0.15, 0.2) is 82.6 Å². The maximum Gasteiger partial charge on any atom is 0.216 e. The van der Waals surface area contributed by atoms with Crippen molar-refractivity contribution in [2.45, 2.75) is 18.4 Å². The van der Waals surface area contributed by atoms with Gasteiger partial charge < -0.3 is 4.74 Å². The number of ether oxygens (including phenoxy) is 1. The number of nitriles is 1. The lowest BCUT2D eigenvalue weighted by Crippen LogP contribution is -2.03. The summed E-state index contributed by atoms with van der Waals surface area (Å²) in [5.74, 6) is 0.613. The van der Waals surface area contributed by atoms with Crippen LogP contribution in [0.2, 0.25) is 5.02 Å².